The summed E-state index contributed by atoms with van der Waals surface area (Å²) in [5.41, 5.74) is 1.50. The molecule has 2 aromatic carbocycles. The molecule has 3 rings (SSSR count). The average molecular weight is 384 g/mol. The number of hydrogen-bond donors (Lipinski definition) is 0. The van der Waals surface area contributed by atoms with E-state index in [0.717, 1.165) is 5.69 Å². The monoisotopic (exact) mass is 384 g/mol. The molecule has 1 aromatic heterocycles. The molecule has 0 fully saturated rings. The van der Waals surface area contributed by atoms with Crippen LogP contribution in [0.5, 0.6) is 17.4 Å². The predicted octanol–water partition coefficient (Wildman–Crippen LogP) is 5.83. The maximum atomic E-state index is 13.8. The Labute approximate surface area is 162 Å². The molecule has 0 aliphatic carbocycles. The third kappa shape index (κ3) is 5.20. The van der Waals surface area contributed by atoms with Gasteiger partial charge in [-0.15, -0.1) is 0 Å². The van der Waals surface area contributed by atoms with E-state index in [4.69, 9.17) is 9.47 Å². The smallest absolute Gasteiger partial charge is 0.223 e. The third-order valence-electron chi connectivity index (χ3n) is 3.87. The van der Waals surface area contributed by atoms with E-state index in [9.17, 15) is 4.39 Å². The Hall–Kier alpha value is -2.60. The van der Waals surface area contributed by atoms with Crippen LogP contribution in [0.4, 0.5) is 4.39 Å². The number of thioether (sulfide) groups is 1. The van der Waals surface area contributed by atoms with E-state index in [1.165, 1.54) is 17.8 Å². The lowest BCUT2D eigenvalue weighted by atomic mass is 10.1. The van der Waals surface area contributed by atoms with Crippen molar-refractivity contribution in [2.24, 2.45) is 0 Å². The first-order valence-corrected chi connectivity index (χ1v) is 9.61. The lowest BCUT2D eigenvalue weighted by Gasteiger charge is -2.11. The van der Waals surface area contributed by atoms with Crippen LogP contribution in [0.3, 0.4) is 0 Å². The maximum Gasteiger partial charge on any atom is 0.223 e. The van der Waals surface area contributed by atoms with E-state index in [1.807, 2.05) is 30.3 Å². The maximum absolute atomic E-state index is 13.8. The number of nitrogens with zero attached hydrogens (tertiary/aromatic N) is 2. The van der Waals surface area contributed by atoms with Crippen LogP contribution >= 0.6 is 11.8 Å². The molecule has 0 amide bonds. The SMILES string of the molecule is COc1cccc(Oc2cc(C(C)C)nc(SCc3ccccc3F)n2)c1. The van der Waals surface area contributed by atoms with E-state index in [-0.39, 0.29) is 11.7 Å². The number of benzene rings is 2. The molecule has 0 saturated carbocycles. The summed E-state index contributed by atoms with van der Waals surface area (Å²) in [5, 5.41) is 0.558. The van der Waals surface area contributed by atoms with Crippen molar-refractivity contribution in [1.82, 2.24) is 9.97 Å². The quantitative estimate of drug-likeness (QED) is 0.379. The van der Waals surface area contributed by atoms with Gasteiger partial charge in [0.05, 0.1) is 12.8 Å². The Morgan fingerprint density at radius 1 is 1.00 bits per heavy atom. The van der Waals surface area contributed by atoms with Gasteiger partial charge in [0, 0.05) is 17.9 Å². The van der Waals surface area contributed by atoms with Crippen molar-refractivity contribution in [2.45, 2.75) is 30.7 Å². The standard InChI is InChI=1S/C21H21FN2O2S/c1-14(2)19-12-20(26-17-9-6-8-16(11-17)25-3)24-21(23-19)27-13-15-7-4-5-10-18(15)22/h4-12,14H,13H2,1-3H3. The molecule has 4 nitrogen and oxygen atoms in total. The molecular formula is C21H21FN2O2S. The minimum atomic E-state index is -0.224. The van der Waals surface area contributed by atoms with Gasteiger partial charge in [0.15, 0.2) is 5.16 Å². The Morgan fingerprint density at radius 2 is 1.78 bits per heavy atom. The fourth-order valence-corrected chi connectivity index (χ4v) is 3.22. The zero-order chi connectivity index (χ0) is 19.2. The normalized spacial score (nSPS) is 10.9. The number of rotatable bonds is 7. The Bertz CT molecular complexity index is 918. The van der Waals surface area contributed by atoms with Crippen molar-refractivity contribution in [3.8, 4) is 17.4 Å². The van der Waals surface area contributed by atoms with Crippen LogP contribution in [-0.4, -0.2) is 17.1 Å². The molecule has 1 heterocycles. The second-order valence-corrected chi connectivity index (χ2v) is 7.17. The fraction of sp³-hybridized carbons (Fsp3) is 0.238. The highest BCUT2D eigenvalue weighted by Gasteiger charge is 2.11. The van der Waals surface area contributed by atoms with Crippen molar-refractivity contribution in [3.05, 3.63) is 71.7 Å². The number of aromatic nitrogens is 2. The van der Waals surface area contributed by atoms with Crippen molar-refractivity contribution in [2.75, 3.05) is 7.11 Å². The third-order valence-corrected chi connectivity index (χ3v) is 4.77. The summed E-state index contributed by atoms with van der Waals surface area (Å²) in [7, 11) is 1.61. The number of hydrogen-bond acceptors (Lipinski definition) is 5. The van der Waals surface area contributed by atoms with E-state index in [2.05, 4.69) is 23.8 Å². The van der Waals surface area contributed by atoms with Crippen molar-refractivity contribution in [3.63, 3.8) is 0 Å². The first-order chi connectivity index (χ1) is 13.0. The fourth-order valence-electron chi connectivity index (χ4n) is 2.38. The minimum Gasteiger partial charge on any atom is -0.497 e. The molecule has 0 aliphatic rings. The highest BCUT2D eigenvalue weighted by molar-refractivity contribution is 7.98. The van der Waals surface area contributed by atoms with Crippen molar-refractivity contribution < 1.29 is 13.9 Å². The average Bonchev–Trinajstić information content (AvgIpc) is 2.67. The highest BCUT2D eigenvalue weighted by Crippen LogP contribution is 2.29. The van der Waals surface area contributed by atoms with Crippen LogP contribution in [0.1, 0.15) is 31.0 Å². The molecule has 0 atom stereocenters. The zero-order valence-electron chi connectivity index (χ0n) is 15.5. The van der Waals surface area contributed by atoms with Gasteiger partial charge in [-0.3, -0.25) is 0 Å². The Kier molecular flexibility index (Phi) is 6.29. The predicted molar refractivity (Wildman–Crippen MR) is 105 cm³/mol. The van der Waals surface area contributed by atoms with Gasteiger partial charge in [0.1, 0.15) is 17.3 Å². The number of ether oxygens (including phenoxy) is 2. The molecule has 0 spiro atoms. The summed E-state index contributed by atoms with van der Waals surface area (Å²) >= 11 is 1.38. The first-order valence-electron chi connectivity index (χ1n) is 8.62. The lowest BCUT2D eigenvalue weighted by Crippen LogP contribution is -2.00. The summed E-state index contributed by atoms with van der Waals surface area (Å²) in [4.78, 5) is 9.06. The molecule has 6 heteroatoms. The van der Waals surface area contributed by atoms with E-state index >= 15 is 0 Å². The number of halogens is 1. The van der Waals surface area contributed by atoms with Crippen LogP contribution in [-0.2, 0) is 5.75 Å². The van der Waals surface area contributed by atoms with E-state index in [0.29, 0.717) is 33.9 Å². The van der Waals surface area contributed by atoms with Crippen LogP contribution in [0.25, 0.3) is 0 Å². The summed E-state index contributed by atoms with van der Waals surface area (Å²) in [5.74, 6) is 2.24. The molecule has 0 unspecified atom stereocenters. The van der Waals surface area contributed by atoms with Gasteiger partial charge >= 0.3 is 0 Å². The van der Waals surface area contributed by atoms with Gasteiger partial charge in [0.25, 0.3) is 0 Å². The van der Waals surface area contributed by atoms with Gasteiger partial charge in [0.2, 0.25) is 5.88 Å². The molecule has 140 valence electrons. The van der Waals surface area contributed by atoms with Gasteiger partial charge in [-0.05, 0) is 29.7 Å². The van der Waals surface area contributed by atoms with Gasteiger partial charge in [-0.25, -0.2) is 9.37 Å². The molecule has 0 aliphatic heterocycles. The molecule has 0 saturated heterocycles. The minimum absolute atomic E-state index is 0.216. The molecule has 3 aromatic rings. The van der Waals surface area contributed by atoms with Gasteiger partial charge < -0.3 is 9.47 Å². The van der Waals surface area contributed by atoms with Crippen molar-refractivity contribution >= 4 is 11.8 Å². The lowest BCUT2D eigenvalue weighted by molar-refractivity contribution is 0.406. The van der Waals surface area contributed by atoms with Crippen LogP contribution < -0.4 is 9.47 Å². The highest BCUT2D eigenvalue weighted by atomic mass is 32.2. The van der Waals surface area contributed by atoms with E-state index < -0.39 is 0 Å². The van der Waals surface area contributed by atoms with Crippen LogP contribution in [0.2, 0.25) is 0 Å². The molecule has 0 radical (unpaired) electrons. The zero-order valence-corrected chi connectivity index (χ0v) is 16.3. The van der Waals surface area contributed by atoms with Crippen LogP contribution in [0, 0.1) is 5.82 Å². The second-order valence-electron chi connectivity index (χ2n) is 6.23. The Balaban J connectivity index is 1.82. The van der Waals surface area contributed by atoms with Crippen LogP contribution in [0.15, 0.2) is 59.8 Å². The molecule has 0 N–H and O–H groups in total. The summed E-state index contributed by atoms with van der Waals surface area (Å²) in [6.45, 7) is 4.12. The molecule has 0 bridgehead atoms. The second kappa shape index (κ2) is 8.86. The topological polar surface area (TPSA) is 44.2 Å². The number of methoxy groups -OCH3 is 1. The molecule has 27 heavy (non-hydrogen) atoms. The Morgan fingerprint density at radius 3 is 2.52 bits per heavy atom. The first kappa shape index (κ1) is 19.2. The summed E-state index contributed by atoms with van der Waals surface area (Å²) in [6.07, 6.45) is 0. The summed E-state index contributed by atoms with van der Waals surface area (Å²) < 4.78 is 25.0. The van der Waals surface area contributed by atoms with Crippen molar-refractivity contribution in [1.29, 1.82) is 0 Å². The van der Waals surface area contributed by atoms with Gasteiger partial charge in [-0.1, -0.05) is 49.9 Å². The summed E-state index contributed by atoms with van der Waals surface area (Å²) in [6, 6.07) is 15.9. The molecular weight excluding hydrogens is 363 g/mol. The van der Waals surface area contributed by atoms with Gasteiger partial charge in [-0.2, -0.15) is 4.98 Å². The van der Waals surface area contributed by atoms with E-state index in [1.54, 1.807) is 25.3 Å². The largest absolute Gasteiger partial charge is 0.497 e.